The number of halogens is 1. The zero-order chi connectivity index (χ0) is 15.7. The molecule has 6 heteroatoms. The van der Waals surface area contributed by atoms with Crippen LogP contribution in [0.2, 0.25) is 0 Å². The summed E-state index contributed by atoms with van der Waals surface area (Å²) in [6.07, 6.45) is 1.95. The Morgan fingerprint density at radius 2 is 1.95 bits per heavy atom. The van der Waals surface area contributed by atoms with Crippen molar-refractivity contribution in [1.82, 2.24) is 5.32 Å². The monoisotopic (exact) mass is 356 g/mol. The van der Waals surface area contributed by atoms with Gasteiger partial charge in [-0.15, -0.1) is 0 Å². The maximum atomic E-state index is 11.7. The predicted molar refractivity (Wildman–Crippen MR) is 86.9 cm³/mol. The lowest BCUT2D eigenvalue weighted by molar-refractivity contribution is -0.120. The summed E-state index contributed by atoms with van der Waals surface area (Å²) in [7, 11) is 1.59. The van der Waals surface area contributed by atoms with E-state index in [0.29, 0.717) is 12.2 Å². The van der Waals surface area contributed by atoms with Crippen molar-refractivity contribution in [3.8, 4) is 5.75 Å². The van der Waals surface area contributed by atoms with Gasteiger partial charge in [-0.2, -0.15) is 0 Å². The van der Waals surface area contributed by atoms with Crippen LogP contribution in [0.15, 0.2) is 24.3 Å². The standard InChI is InChI=1S/C15H21BrN2O3/c1-3-4-13(16)15(20)17-10-9-14(19)18-11-5-7-12(21-2)8-6-11/h5-8,13H,3-4,9-10H2,1-2H3,(H,17,20)(H,18,19)/t13-/m0/s1. The molecule has 2 N–H and O–H groups in total. The minimum atomic E-state index is -0.188. The van der Waals surface area contributed by atoms with Crippen LogP contribution in [0.25, 0.3) is 0 Å². The van der Waals surface area contributed by atoms with E-state index < -0.39 is 0 Å². The molecule has 1 aromatic carbocycles. The van der Waals surface area contributed by atoms with Gasteiger partial charge in [-0.05, 0) is 30.7 Å². The van der Waals surface area contributed by atoms with Crippen LogP contribution in [0, 0.1) is 0 Å². The van der Waals surface area contributed by atoms with Crippen molar-refractivity contribution in [2.75, 3.05) is 19.0 Å². The Kier molecular flexibility index (Phi) is 7.82. The van der Waals surface area contributed by atoms with Crippen molar-refractivity contribution in [1.29, 1.82) is 0 Å². The van der Waals surface area contributed by atoms with E-state index in [0.717, 1.165) is 18.6 Å². The molecule has 1 aromatic rings. The number of carbonyl (C=O) groups is 2. The highest BCUT2D eigenvalue weighted by Crippen LogP contribution is 2.15. The van der Waals surface area contributed by atoms with E-state index in [4.69, 9.17) is 4.74 Å². The molecule has 0 fully saturated rings. The van der Waals surface area contributed by atoms with Gasteiger partial charge in [-0.25, -0.2) is 0 Å². The summed E-state index contributed by atoms with van der Waals surface area (Å²) in [5.41, 5.74) is 0.705. The zero-order valence-electron chi connectivity index (χ0n) is 12.3. The molecule has 0 aliphatic rings. The first-order valence-corrected chi connectivity index (χ1v) is 7.84. The van der Waals surface area contributed by atoms with Gasteiger partial charge in [0.05, 0.1) is 11.9 Å². The maximum absolute atomic E-state index is 11.7. The van der Waals surface area contributed by atoms with Gasteiger partial charge in [0.15, 0.2) is 0 Å². The van der Waals surface area contributed by atoms with Crippen LogP contribution in [-0.2, 0) is 9.59 Å². The van der Waals surface area contributed by atoms with Gasteiger partial charge in [-0.3, -0.25) is 9.59 Å². The summed E-state index contributed by atoms with van der Waals surface area (Å²) < 4.78 is 5.04. The van der Waals surface area contributed by atoms with Crippen molar-refractivity contribution in [2.24, 2.45) is 0 Å². The summed E-state index contributed by atoms with van der Waals surface area (Å²) in [4.78, 5) is 23.2. The number of rotatable bonds is 8. The lowest BCUT2D eigenvalue weighted by Gasteiger charge is -2.10. The Morgan fingerprint density at radius 1 is 1.29 bits per heavy atom. The number of carbonyl (C=O) groups excluding carboxylic acids is 2. The van der Waals surface area contributed by atoms with Crippen LogP contribution < -0.4 is 15.4 Å². The summed E-state index contributed by atoms with van der Waals surface area (Å²) in [5.74, 6) is 0.524. The Hall–Kier alpha value is -1.56. The number of amides is 2. The van der Waals surface area contributed by atoms with Crippen LogP contribution in [0.5, 0.6) is 5.75 Å². The molecule has 116 valence electrons. The summed E-state index contributed by atoms with van der Waals surface area (Å²) in [6.45, 7) is 2.34. The first kappa shape index (κ1) is 17.5. The Bertz CT molecular complexity index is 462. The topological polar surface area (TPSA) is 67.4 Å². The molecule has 0 unspecified atom stereocenters. The van der Waals surface area contributed by atoms with Crippen molar-refractivity contribution in [2.45, 2.75) is 31.0 Å². The second-order valence-electron chi connectivity index (χ2n) is 4.57. The first-order valence-electron chi connectivity index (χ1n) is 6.92. The molecule has 0 saturated heterocycles. The van der Waals surface area contributed by atoms with Crippen molar-refractivity contribution in [3.05, 3.63) is 24.3 Å². The Morgan fingerprint density at radius 3 is 2.52 bits per heavy atom. The fraction of sp³-hybridized carbons (Fsp3) is 0.467. The quantitative estimate of drug-likeness (QED) is 0.703. The summed E-state index contributed by atoms with van der Waals surface area (Å²) in [5, 5.41) is 5.50. The lowest BCUT2D eigenvalue weighted by Crippen LogP contribution is -2.33. The highest BCUT2D eigenvalue weighted by atomic mass is 79.9. The SMILES string of the molecule is CCC[C@H](Br)C(=O)NCCC(=O)Nc1ccc(OC)cc1. The van der Waals surface area contributed by atoms with Gasteiger partial charge in [-0.1, -0.05) is 29.3 Å². The molecule has 1 atom stereocenters. The maximum Gasteiger partial charge on any atom is 0.233 e. The number of benzene rings is 1. The van der Waals surface area contributed by atoms with Gasteiger partial charge in [0.25, 0.3) is 0 Å². The zero-order valence-corrected chi connectivity index (χ0v) is 13.9. The van der Waals surface area contributed by atoms with Gasteiger partial charge >= 0.3 is 0 Å². The second-order valence-corrected chi connectivity index (χ2v) is 5.68. The van der Waals surface area contributed by atoms with Crippen LogP contribution in [0.1, 0.15) is 26.2 Å². The molecular weight excluding hydrogens is 336 g/mol. The lowest BCUT2D eigenvalue weighted by atomic mass is 10.2. The Labute approximate surface area is 133 Å². The highest BCUT2D eigenvalue weighted by molar-refractivity contribution is 9.10. The number of methoxy groups -OCH3 is 1. The fourth-order valence-corrected chi connectivity index (χ4v) is 2.31. The number of hydrogen-bond acceptors (Lipinski definition) is 3. The minimum Gasteiger partial charge on any atom is -0.497 e. The molecule has 0 aromatic heterocycles. The fourth-order valence-electron chi connectivity index (χ4n) is 1.69. The molecule has 5 nitrogen and oxygen atoms in total. The second kappa shape index (κ2) is 9.39. The van der Waals surface area contributed by atoms with E-state index in [1.54, 1.807) is 31.4 Å². The minimum absolute atomic E-state index is 0.0749. The molecular formula is C15H21BrN2O3. The van der Waals surface area contributed by atoms with Gasteiger partial charge in [0.1, 0.15) is 5.75 Å². The molecule has 0 bridgehead atoms. The smallest absolute Gasteiger partial charge is 0.233 e. The van der Waals surface area contributed by atoms with Gasteiger partial charge in [0.2, 0.25) is 11.8 Å². The number of nitrogens with one attached hydrogen (secondary N) is 2. The largest absolute Gasteiger partial charge is 0.497 e. The number of ether oxygens (including phenoxy) is 1. The number of alkyl halides is 1. The van der Waals surface area contributed by atoms with E-state index in [1.807, 2.05) is 6.92 Å². The summed E-state index contributed by atoms with van der Waals surface area (Å²) in [6, 6.07) is 7.09. The van der Waals surface area contributed by atoms with E-state index in [-0.39, 0.29) is 23.1 Å². The van der Waals surface area contributed by atoms with E-state index >= 15 is 0 Å². The molecule has 0 aliphatic carbocycles. The molecule has 1 rings (SSSR count). The normalized spacial score (nSPS) is 11.6. The van der Waals surface area contributed by atoms with Gasteiger partial charge < -0.3 is 15.4 Å². The van der Waals surface area contributed by atoms with Crippen LogP contribution in [0.3, 0.4) is 0 Å². The third-order valence-corrected chi connectivity index (χ3v) is 3.73. The van der Waals surface area contributed by atoms with Crippen LogP contribution >= 0.6 is 15.9 Å². The van der Waals surface area contributed by atoms with Crippen molar-refractivity contribution in [3.63, 3.8) is 0 Å². The highest BCUT2D eigenvalue weighted by Gasteiger charge is 2.13. The summed E-state index contributed by atoms with van der Waals surface area (Å²) >= 11 is 3.31. The number of anilines is 1. The van der Waals surface area contributed by atoms with E-state index in [1.165, 1.54) is 0 Å². The Balaban J connectivity index is 2.29. The van der Waals surface area contributed by atoms with Crippen LogP contribution in [0.4, 0.5) is 5.69 Å². The first-order chi connectivity index (χ1) is 10.1. The molecule has 0 radical (unpaired) electrons. The molecule has 21 heavy (non-hydrogen) atoms. The van der Waals surface area contributed by atoms with Gasteiger partial charge in [0, 0.05) is 18.7 Å². The van der Waals surface area contributed by atoms with Crippen molar-refractivity contribution >= 4 is 33.4 Å². The molecule has 0 spiro atoms. The average Bonchev–Trinajstić information content (AvgIpc) is 2.48. The van der Waals surface area contributed by atoms with E-state index in [9.17, 15) is 9.59 Å². The molecule has 0 aliphatic heterocycles. The average molecular weight is 357 g/mol. The third-order valence-electron chi connectivity index (χ3n) is 2.85. The third kappa shape index (κ3) is 6.62. The molecule has 0 saturated carbocycles. The number of hydrogen-bond donors (Lipinski definition) is 2. The predicted octanol–water partition coefficient (Wildman–Crippen LogP) is 2.70. The molecule has 0 heterocycles. The van der Waals surface area contributed by atoms with Crippen LogP contribution in [-0.4, -0.2) is 30.3 Å². The van der Waals surface area contributed by atoms with E-state index in [2.05, 4.69) is 26.6 Å². The molecule has 2 amide bonds. The van der Waals surface area contributed by atoms with Crippen molar-refractivity contribution < 1.29 is 14.3 Å².